The third-order valence-electron chi connectivity index (χ3n) is 5.58. The van der Waals surface area contributed by atoms with E-state index in [2.05, 4.69) is 35.8 Å². The summed E-state index contributed by atoms with van der Waals surface area (Å²) in [4.78, 5) is 12.7. The number of nitrogens with one attached hydrogen (secondary N) is 2. The summed E-state index contributed by atoms with van der Waals surface area (Å²) in [7, 11) is 0. The maximum Gasteiger partial charge on any atom is 0.231 e. The van der Waals surface area contributed by atoms with Crippen molar-refractivity contribution in [3.8, 4) is 5.75 Å². The molecule has 0 radical (unpaired) electrons. The third-order valence-corrected chi connectivity index (χ3v) is 5.80. The van der Waals surface area contributed by atoms with Crippen molar-refractivity contribution in [2.24, 2.45) is 5.41 Å². The van der Waals surface area contributed by atoms with Crippen LogP contribution < -0.4 is 15.4 Å². The molecule has 1 saturated carbocycles. The minimum Gasteiger partial charge on any atom is -0.493 e. The van der Waals surface area contributed by atoms with Crippen molar-refractivity contribution in [1.82, 2.24) is 10.6 Å². The number of carbonyl (C=O) groups excluding carboxylic acids is 1. The van der Waals surface area contributed by atoms with Gasteiger partial charge in [-0.1, -0.05) is 51.7 Å². The van der Waals surface area contributed by atoms with Crippen molar-refractivity contribution < 1.29 is 9.53 Å². The van der Waals surface area contributed by atoms with Gasteiger partial charge in [-0.15, -0.1) is 0 Å². The van der Waals surface area contributed by atoms with Crippen LogP contribution in [-0.4, -0.2) is 23.7 Å². The van der Waals surface area contributed by atoms with E-state index in [1.165, 1.54) is 31.2 Å². The molecule has 0 heterocycles. The summed E-state index contributed by atoms with van der Waals surface area (Å²) in [6.45, 7) is 8.65. The summed E-state index contributed by atoms with van der Waals surface area (Å²) in [5.41, 5.74) is 1.84. The molecule has 0 saturated heterocycles. The monoisotopic (exact) mass is 404 g/mol. The summed E-state index contributed by atoms with van der Waals surface area (Å²) >= 11 is 5.38. The van der Waals surface area contributed by atoms with E-state index < -0.39 is 5.41 Å². The molecule has 156 valence electrons. The van der Waals surface area contributed by atoms with E-state index in [1.54, 1.807) is 0 Å². The van der Waals surface area contributed by atoms with Crippen LogP contribution in [0.5, 0.6) is 5.75 Å². The van der Waals surface area contributed by atoms with Crippen LogP contribution in [0.15, 0.2) is 18.2 Å². The Balaban J connectivity index is 1.73. The van der Waals surface area contributed by atoms with Gasteiger partial charge in [0.25, 0.3) is 0 Å². The molecule has 28 heavy (non-hydrogen) atoms. The molecule has 1 fully saturated rings. The van der Waals surface area contributed by atoms with Gasteiger partial charge in [-0.2, -0.15) is 0 Å². The zero-order valence-electron chi connectivity index (χ0n) is 17.9. The van der Waals surface area contributed by atoms with E-state index in [-0.39, 0.29) is 5.91 Å². The Labute approximate surface area is 175 Å². The summed E-state index contributed by atoms with van der Waals surface area (Å²) in [6.07, 6.45) is 8.90. The molecule has 0 unspecified atom stereocenters. The Hall–Kier alpha value is -1.62. The number of thiocarbonyl (C=S) groups is 1. The number of benzene rings is 1. The molecule has 1 aromatic carbocycles. The van der Waals surface area contributed by atoms with E-state index in [0.717, 1.165) is 37.0 Å². The quantitative estimate of drug-likeness (QED) is 0.372. The number of amides is 1. The minimum absolute atomic E-state index is 0.0228. The normalized spacial score (nSPS) is 15.6. The number of carbonyl (C=O) groups is 1. The van der Waals surface area contributed by atoms with Gasteiger partial charge in [0.1, 0.15) is 5.75 Å². The van der Waals surface area contributed by atoms with E-state index >= 15 is 0 Å². The fraction of sp³-hybridized carbons (Fsp3) is 0.652. The average molecular weight is 405 g/mol. The lowest BCUT2D eigenvalue weighted by Gasteiger charge is -2.25. The summed E-state index contributed by atoms with van der Waals surface area (Å²) in [5, 5.41) is 6.71. The fourth-order valence-electron chi connectivity index (χ4n) is 3.59. The van der Waals surface area contributed by atoms with Crippen LogP contribution in [0.25, 0.3) is 0 Å². The SMILES string of the molecule is Cc1ccc(C)c(OCCCC(C)(C)C(=O)NC(=S)NC2CCCCCC2)c1. The van der Waals surface area contributed by atoms with Crippen LogP contribution >= 0.6 is 12.2 Å². The maximum atomic E-state index is 12.7. The van der Waals surface area contributed by atoms with Gasteiger partial charge >= 0.3 is 0 Å². The molecule has 0 bridgehead atoms. The molecule has 1 aromatic rings. The van der Waals surface area contributed by atoms with E-state index in [0.29, 0.717) is 17.8 Å². The second kappa shape index (κ2) is 10.8. The van der Waals surface area contributed by atoms with Crippen LogP contribution in [0, 0.1) is 19.3 Å². The Morgan fingerprint density at radius 1 is 1.18 bits per heavy atom. The van der Waals surface area contributed by atoms with Crippen molar-refractivity contribution in [2.75, 3.05) is 6.61 Å². The van der Waals surface area contributed by atoms with Crippen LogP contribution in [0.4, 0.5) is 0 Å². The summed E-state index contributed by atoms with van der Waals surface area (Å²) < 4.78 is 5.92. The smallest absolute Gasteiger partial charge is 0.231 e. The van der Waals surface area contributed by atoms with Gasteiger partial charge in [0.2, 0.25) is 5.91 Å². The molecule has 2 rings (SSSR count). The van der Waals surface area contributed by atoms with Gasteiger partial charge in [-0.25, -0.2) is 0 Å². The predicted molar refractivity (Wildman–Crippen MR) is 120 cm³/mol. The number of aryl methyl sites for hydroxylation is 2. The standard InChI is InChI=1S/C23H36N2O2S/c1-17-12-13-18(2)20(16-17)27-15-9-14-23(3,4)21(26)25-22(28)24-19-10-7-5-6-8-11-19/h12-13,16,19H,5-11,14-15H2,1-4H3,(H2,24,25,26,28). The minimum atomic E-state index is -0.486. The van der Waals surface area contributed by atoms with Gasteiger partial charge in [0, 0.05) is 11.5 Å². The molecule has 0 aromatic heterocycles. The van der Waals surface area contributed by atoms with Gasteiger partial charge in [-0.05, 0) is 68.9 Å². The summed E-state index contributed by atoms with van der Waals surface area (Å²) in [6, 6.07) is 6.61. The summed E-state index contributed by atoms with van der Waals surface area (Å²) in [5.74, 6) is 0.904. The number of hydrogen-bond acceptors (Lipinski definition) is 3. The van der Waals surface area contributed by atoms with Crippen molar-refractivity contribution in [2.45, 2.75) is 85.1 Å². The second-order valence-corrected chi connectivity index (χ2v) is 9.13. The molecule has 0 spiro atoms. The van der Waals surface area contributed by atoms with Crippen LogP contribution in [0.2, 0.25) is 0 Å². The number of hydrogen-bond donors (Lipinski definition) is 2. The van der Waals surface area contributed by atoms with E-state index in [1.807, 2.05) is 20.8 Å². The Bertz CT molecular complexity index is 665. The topological polar surface area (TPSA) is 50.4 Å². The maximum absolute atomic E-state index is 12.7. The Kier molecular flexibility index (Phi) is 8.74. The lowest BCUT2D eigenvalue weighted by atomic mass is 9.87. The Morgan fingerprint density at radius 2 is 1.86 bits per heavy atom. The molecule has 5 heteroatoms. The van der Waals surface area contributed by atoms with Crippen molar-refractivity contribution >= 4 is 23.2 Å². The molecule has 0 aliphatic heterocycles. The predicted octanol–water partition coefficient (Wildman–Crippen LogP) is 5.20. The van der Waals surface area contributed by atoms with Gasteiger partial charge < -0.3 is 15.4 Å². The second-order valence-electron chi connectivity index (χ2n) is 8.72. The molecule has 2 N–H and O–H groups in total. The van der Waals surface area contributed by atoms with Gasteiger partial charge in [-0.3, -0.25) is 4.79 Å². The lowest BCUT2D eigenvalue weighted by Crippen LogP contribution is -2.48. The molecular weight excluding hydrogens is 368 g/mol. The van der Waals surface area contributed by atoms with Gasteiger partial charge in [0.15, 0.2) is 5.11 Å². The van der Waals surface area contributed by atoms with Crippen LogP contribution in [0.3, 0.4) is 0 Å². The first-order valence-corrected chi connectivity index (χ1v) is 11.0. The third kappa shape index (κ3) is 7.42. The first kappa shape index (κ1) is 22.7. The molecule has 4 nitrogen and oxygen atoms in total. The van der Waals surface area contributed by atoms with Crippen molar-refractivity contribution in [3.05, 3.63) is 29.3 Å². The zero-order chi connectivity index (χ0) is 20.6. The molecule has 1 aliphatic carbocycles. The van der Waals surface area contributed by atoms with Crippen LogP contribution in [0.1, 0.15) is 76.3 Å². The lowest BCUT2D eigenvalue weighted by molar-refractivity contribution is -0.128. The molecule has 1 amide bonds. The van der Waals surface area contributed by atoms with Crippen molar-refractivity contribution in [3.63, 3.8) is 0 Å². The average Bonchev–Trinajstić information content (AvgIpc) is 2.90. The number of rotatable bonds is 7. The number of ether oxygens (including phenoxy) is 1. The molecule has 0 atom stereocenters. The highest BCUT2D eigenvalue weighted by atomic mass is 32.1. The molecule has 1 aliphatic rings. The zero-order valence-corrected chi connectivity index (χ0v) is 18.7. The first-order chi connectivity index (χ1) is 13.3. The van der Waals surface area contributed by atoms with Gasteiger partial charge in [0.05, 0.1) is 6.61 Å². The first-order valence-electron chi connectivity index (χ1n) is 10.6. The Morgan fingerprint density at radius 3 is 2.54 bits per heavy atom. The van der Waals surface area contributed by atoms with Crippen LogP contribution in [-0.2, 0) is 4.79 Å². The molecular formula is C23H36N2O2S. The van der Waals surface area contributed by atoms with E-state index in [9.17, 15) is 4.79 Å². The highest BCUT2D eigenvalue weighted by Gasteiger charge is 2.28. The van der Waals surface area contributed by atoms with Crippen molar-refractivity contribution in [1.29, 1.82) is 0 Å². The highest BCUT2D eigenvalue weighted by molar-refractivity contribution is 7.80. The largest absolute Gasteiger partial charge is 0.493 e. The highest BCUT2D eigenvalue weighted by Crippen LogP contribution is 2.24. The fourth-order valence-corrected chi connectivity index (χ4v) is 3.85. The van der Waals surface area contributed by atoms with E-state index in [4.69, 9.17) is 17.0 Å².